The van der Waals surface area contributed by atoms with E-state index in [9.17, 15) is 0 Å². The molecule has 5 nitrogen and oxygen atoms in total. The highest BCUT2D eigenvalue weighted by Crippen LogP contribution is 2.33. The molecule has 0 radical (unpaired) electrons. The third-order valence-corrected chi connectivity index (χ3v) is 5.46. The van der Waals surface area contributed by atoms with Crippen molar-refractivity contribution in [1.29, 1.82) is 0 Å². The minimum absolute atomic E-state index is 0. The normalized spacial score (nSPS) is 20.0. The van der Waals surface area contributed by atoms with E-state index in [1.807, 2.05) is 7.05 Å². The first-order chi connectivity index (χ1) is 13.4. The van der Waals surface area contributed by atoms with Crippen molar-refractivity contribution in [3.05, 3.63) is 30.3 Å². The first kappa shape index (κ1) is 26.0. The molecule has 2 atom stereocenters. The lowest BCUT2D eigenvalue weighted by Gasteiger charge is -2.40. The average Bonchev–Trinajstić information content (AvgIpc) is 2.70. The van der Waals surface area contributed by atoms with Crippen LogP contribution in [0.25, 0.3) is 0 Å². The van der Waals surface area contributed by atoms with E-state index in [0.717, 1.165) is 51.5 Å². The van der Waals surface area contributed by atoms with Crippen LogP contribution in [0, 0.1) is 11.3 Å². The highest BCUT2D eigenvalue weighted by Gasteiger charge is 2.35. The number of unbranched alkanes of at least 4 members (excludes halogenated alkanes) is 1. The molecule has 2 unspecified atom stereocenters. The summed E-state index contributed by atoms with van der Waals surface area (Å²) < 4.78 is 6.09. The Balaban J connectivity index is 0.00000420. The molecule has 0 bridgehead atoms. The van der Waals surface area contributed by atoms with Crippen LogP contribution in [0.5, 0.6) is 0 Å². The van der Waals surface area contributed by atoms with E-state index in [1.54, 1.807) is 0 Å². The van der Waals surface area contributed by atoms with Crippen molar-refractivity contribution in [2.45, 2.75) is 52.6 Å². The molecule has 1 aromatic carbocycles. The van der Waals surface area contributed by atoms with Crippen molar-refractivity contribution >= 4 is 35.6 Å². The SMILES string of the molecule is CN=C(NCCCCN(C)c1ccccc1)NCC1CCCOC1C(C)(C)C.I. The molecule has 0 spiro atoms. The van der Waals surface area contributed by atoms with Crippen LogP contribution >= 0.6 is 24.0 Å². The second-order valence-corrected chi connectivity index (χ2v) is 8.90. The minimum atomic E-state index is 0. The van der Waals surface area contributed by atoms with E-state index in [0.29, 0.717) is 12.0 Å². The van der Waals surface area contributed by atoms with Crippen LogP contribution in [-0.4, -0.2) is 52.4 Å². The lowest BCUT2D eigenvalue weighted by Crippen LogP contribution is -2.47. The molecule has 1 fully saturated rings. The molecule has 6 heteroatoms. The fourth-order valence-corrected chi connectivity index (χ4v) is 3.95. The van der Waals surface area contributed by atoms with Gasteiger partial charge >= 0.3 is 0 Å². The second-order valence-electron chi connectivity index (χ2n) is 8.90. The van der Waals surface area contributed by atoms with E-state index in [2.05, 4.69) is 78.7 Å². The first-order valence-corrected chi connectivity index (χ1v) is 10.7. The molecule has 1 heterocycles. The number of hydrogen-bond acceptors (Lipinski definition) is 3. The average molecular weight is 517 g/mol. The Morgan fingerprint density at radius 1 is 1.17 bits per heavy atom. The number of hydrogen-bond donors (Lipinski definition) is 2. The van der Waals surface area contributed by atoms with Gasteiger partial charge < -0.3 is 20.3 Å². The van der Waals surface area contributed by atoms with Gasteiger partial charge in [0, 0.05) is 51.9 Å². The fraction of sp³-hybridized carbons (Fsp3) is 0.696. The third-order valence-electron chi connectivity index (χ3n) is 5.46. The highest BCUT2D eigenvalue weighted by molar-refractivity contribution is 14.0. The van der Waals surface area contributed by atoms with Crippen LogP contribution < -0.4 is 15.5 Å². The number of guanidine groups is 1. The van der Waals surface area contributed by atoms with Crippen molar-refractivity contribution in [3.8, 4) is 0 Å². The van der Waals surface area contributed by atoms with Crippen LogP contribution in [0.3, 0.4) is 0 Å². The molecule has 0 aliphatic carbocycles. The number of ether oxygens (including phenoxy) is 1. The number of aliphatic imine (C=N–C) groups is 1. The molecular formula is C23H41IN4O. The van der Waals surface area contributed by atoms with Gasteiger partial charge in [-0.15, -0.1) is 24.0 Å². The Hall–Kier alpha value is -1.02. The van der Waals surface area contributed by atoms with E-state index >= 15 is 0 Å². The Labute approximate surface area is 195 Å². The van der Waals surface area contributed by atoms with Crippen molar-refractivity contribution in [3.63, 3.8) is 0 Å². The molecule has 29 heavy (non-hydrogen) atoms. The van der Waals surface area contributed by atoms with E-state index < -0.39 is 0 Å². The summed E-state index contributed by atoms with van der Waals surface area (Å²) in [5, 5.41) is 6.97. The Morgan fingerprint density at radius 3 is 2.55 bits per heavy atom. The van der Waals surface area contributed by atoms with Gasteiger partial charge in [0.25, 0.3) is 0 Å². The maximum atomic E-state index is 6.09. The maximum Gasteiger partial charge on any atom is 0.190 e. The predicted octanol–water partition coefficient (Wildman–Crippen LogP) is 4.53. The first-order valence-electron chi connectivity index (χ1n) is 10.7. The molecule has 2 N–H and O–H groups in total. The summed E-state index contributed by atoms with van der Waals surface area (Å²) in [7, 11) is 4.00. The topological polar surface area (TPSA) is 48.9 Å². The van der Waals surface area contributed by atoms with Gasteiger partial charge in [-0.2, -0.15) is 0 Å². The standard InChI is InChI=1S/C23H40N4O.HI/c1-23(2,3)21-19(12-11-17-28-21)18-26-22(24-4)25-15-9-10-16-27(5)20-13-7-6-8-14-20;/h6-8,13-14,19,21H,9-12,15-18H2,1-5H3,(H2,24,25,26);1H. The summed E-state index contributed by atoms with van der Waals surface area (Å²) in [6.07, 6.45) is 4.95. The molecule has 1 aromatic rings. The summed E-state index contributed by atoms with van der Waals surface area (Å²) in [6, 6.07) is 10.5. The number of para-hydroxylation sites is 1. The maximum absolute atomic E-state index is 6.09. The second kappa shape index (κ2) is 13.3. The zero-order valence-electron chi connectivity index (χ0n) is 18.9. The number of rotatable bonds is 8. The zero-order chi connectivity index (χ0) is 20.4. The van der Waals surface area contributed by atoms with Gasteiger partial charge in [0.05, 0.1) is 6.10 Å². The van der Waals surface area contributed by atoms with Crippen molar-refractivity contribution in [2.24, 2.45) is 16.3 Å². The fourth-order valence-electron chi connectivity index (χ4n) is 3.95. The zero-order valence-corrected chi connectivity index (χ0v) is 21.2. The molecule has 2 rings (SSSR count). The molecular weight excluding hydrogens is 475 g/mol. The summed E-state index contributed by atoms with van der Waals surface area (Å²) >= 11 is 0. The minimum Gasteiger partial charge on any atom is -0.377 e. The number of benzene rings is 1. The summed E-state index contributed by atoms with van der Waals surface area (Å²) in [5.74, 6) is 1.43. The Kier molecular flexibility index (Phi) is 11.9. The van der Waals surface area contributed by atoms with Crippen LogP contribution in [0.2, 0.25) is 0 Å². The van der Waals surface area contributed by atoms with Crippen LogP contribution in [0.1, 0.15) is 46.5 Å². The van der Waals surface area contributed by atoms with Crippen LogP contribution in [-0.2, 0) is 4.74 Å². The van der Waals surface area contributed by atoms with Gasteiger partial charge in [-0.1, -0.05) is 39.0 Å². The van der Waals surface area contributed by atoms with Gasteiger partial charge in [-0.25, -0.2) is 0 Å². The lowest BCUT2D eigenvalue weighted by molar-refractivity contribution is -0.0835. The van der Waals surface area contributed by atoms with Gasteiger partial charge in [-0.3, -0.25) is 4.99 Å². The van der Waals surface area contributed by atoms with E-state index in [-0.39, 0.29) is 29.4 Å². The van der Waals surface area contributed by atoms with Crippen molar-refractivity contribution < 1.29 is 4.74 Å². The van der Waals surface area contributed by atoms with Crippen LogP contribution in [0.4, 0.5) is 5.69 Å². The summed E-state index contributed by atoms with van der Waals surface area (Å²) in [4.78, 5) is 6.69. The smallest absolute Gasteiger partial charge is 0.190 e. The number of anilines is 1. The van der Waals surface area contributed by atoms with Gasteiger partial charge in [0.1, 0.15) is 0 Å². The Bertz CT molecular complexity index is 588. The van der Waals surface area contributed by atoms with Gasteiger partial charge in [-0.05, 0) is 43.2 Å². The number of halogens is 1. The van der Waals surface area contributed by atoms with Crippen molar-refractivity contribution in [2.75, 3.05) is 45.2 Å². The predicted molar refractivity (Wildman–Crippen MR) is 136 cm³/mol. The largest absolute Gasteiger partial charge is 0.377 e. The molecule has 1 aliphatic rings. The quantitative estimate of drug-likeness (QED) is 0.231. The molecule has 166 valence electrons. The van der Waals surface area contributed by atoms with E-state index in [4.69, 9.17) is 4.74 Å². The highest BCUT2D eigenvalue weighted by atomic mass is 127. The van der Waals surface area contributed by atoms with Crippen molar-refractivity contribution in [1.82, 2.24) is 10.6 Å². The molecule has 1 aliphatic heterocycles. The molecule has 0 aromatic heterocycles. The van der Waals surface area contributed by atoms with E-state index in [1.165, 1.54) is 12.1 Å². The Morgan fingerprint density at radius 2 is 1.90 bits per heavy atom. The third kappa shape index (κ3) is 9.11. The lowest BCUT2D eigenvalue weighted by atomic mass is 9.78. The summed E-state index contributed by atoms with van der Waals surface area (Å²) in [6.45, 7) is 10.6. The monoisotopic (exact) mass is 516 g/mol. The van der Waals surface area contributed by atoms with Gasteiger partial charge in [0.2, 0.25) is 0 Å². The van der Waals surface area contributed by atoms with Gasteiger partial charge in [0.15, 0.2) is 5.96 Å². The number of nitrogens with zero attached hydrogens (tertiary/aromatic N) is 2. The summed E-state index contributed by atoms with van der Waals surface area (Å²) in [5.41, 5.74) is 1.45. The molecule has 0 amide bonds. The van der Waals surface area contributed by atoms with Crippen LogP contribution in [0.15, 0.2) is 35.3 Å². The molecule has 0 saturated carbocycles. The molecule has 1 saturated heterocycles. The number of nitrogens with one attached hydrogen (secondary N) is 2.